The first-order chi connectivity index (χ1) is 13.6. The predicted molar refractivity (Wildman–Crippen MR) is 111 cm³/mol. The summed E-state index contributed by atoms with van der Waals surface area (Å²) in [6.07, 6.45) is 1.83. The molecule has 0 saturated carbocycles. The molecule has 0 spiro atoms. The summed E-state index contributed by atoms with van der Waals surface area (Å²) in [6, 6.07) is 15.1. The summed E-state index contributed by atoms with van der Waals surface area (Å²) in [5.41, 5.74) is 7.64. The largest absolute Gasteiger partial charge is 0.366 e. The number of hydrogen-bond acceptors (Lipinski definition) is 5. The zero-order valence-corrected chi connectivity index (χ0v) is 16.2. The van der Waals surface area contributed by atoms with Crippen LogP contribution < -0.4 is 16.0 Å². The smallest absolute Gasteiger partial charge is 0.248 e. The maximum Gasteiger partial charge on any atom is 0.248 e. The van der Waals surface area contributed by atoms with Gasteiger partial charge in [-0.25, -0.2) is 4.98 Å². The Morgan fingerprint density at radius 1 is 1.21 bits per heavy atom. The average Bonchev–Trinajstić information content (AvgIpc) is 3.16. The Labute approximate surface area is 167 Å². The van der Waals surface area contributed by atoms with E-state index in [0.29, 0.717) is 18.7 Å². The number of anilines is 1. The number of carbonyl (C=O) groups is 2. The number of benzene rings is 2. The summed E-state index contributed by atoms with van der Waals surface area (Å²) < 4.78 is 1.17. The molecule has 28 heavy (non-hydrogen) atoms. The highest BCUT2D eigenvalue weighted by Gasteiger charge is 2.27. The summed E-state index contributed by atoms with van der Waals surface area (Å²) in [7, 11) is 0. The van der Waals surface area contributed by atoms with Crippen LogP contribution in [-0.2, 0) is 11.3 Å². The topological polar surface area (TPSA) is 88.3 Å². The highest BCUT2D eigenvalue weighted by Crippen LogP contribution is 2.31. The molecule has 1 fully saturated rings. The van der Waals surface area contributed by atoms with E-state index in [1.54, 1.807) is 29.5 Å². The number of fused-ring (bicyclic) bond motifs is 1. The van der Waals surface area contributed by atoms with Crippen LogP contribution in [0.3, 0.4) is 0 Å². The van der Waals surface area contributed by atoms with Gasteiger partial charge in [0.15, 0.2) is 5.13 Å². The number of aromatic nitrogens is 1. The Kier molecular flexibility index (Phi) is 5.25. The normalized spacial score (nSPS) is 16.9. The molecule has 3 aromatic rings. The van der Waals surface area contributed by atoms with Crippen LogP contribution in [0.2, 0.25) is 0 Å². The van der Waals surface area contributed by atoms with Gasteiger partial charge in [0.25, 0.3) is 0 Å². The molecule has 1 saturated heterocycles. The van der Waals surface area contributed by atoms with Crippen LogP contribution in [0.25, 0.3) is 10.2 Å². The molecule has 0 radical (unpaired) electrons. The molecular weight excluding hydrogens is 372 g/mol. The number of thiazole rings is 1. The van der Waals surface area contributed by atoms with E-state index >= 15 is 0 Å². The van der Waals surface area contributed by atoms with Crippen molar-refractivity contribution in [1.29, 1.82) is 0 Å². The van der Waals surface area contributed by atoms with E-state index in [1.165, 1.54) is 4.70 Å². The lowest BCUT2D eigenvalue weighted by atomic mass is 9.97. The van der Waals surface area contributed by atoms with Gasteiger partial charge in [-0.15, -0.1) is 0 Å². The van der Waals surface area contributed by atoms with Crippen molar-refractivity contribution in [3.8, 4) is 0 Å². The van der Waals surface area contributed by atoms with E-state index < -0.39 is 5.91 Å². The minimum Gasteiger partial charge on any atom is -0.366 e. The molecule has 1 aliphatic rings. The first-order valence-electron chi connectivity index (χ1n) is 9.37. The van der Waals surface area contributed by atoms with E-state index in [0.717, 1.165) is 35.6 Å². The zero-order chi connectivity index (χ0) is 19.5. The quantitative estimate of drug-likeness (QED) is 0.696. The van der Waals surface area contributed by atoms with Crippen LogP contribution in [-0.4, -0.2) is 29.9 Å². The Balaban J connectivity index is 1.39. The van der Waals surface area contributed by atoms with Crippen LogP contribution in [0.15, 0.2) is 48.5 Å². The van der Waals surface area contributed by atoms with Gasteiger partial charge >= 0.3 is 0 Å². The molecule has 1 unspecified atom stereocenters. The number of carbonyl (C=O) groups excluding carboxylic acids is 2. The van der Waals surface area contributed by atoms with Gasteiger partial charge in [0.2, 0.25) is 11.8 Å². The van der Waals surface area contributed by atoms with Crippen molar-refractivity contribution < 1.29 is 9.59 Å². The number of hydrogen-bond donors (Lipinski definition) is 2. The number of piperidine rings is 1. The molecule has 3 N–H and O–H groups in total. The number of primary amides is 1. The van der Waals surface area contributed by atoms with E-state index in [1.807, 2.05) is 24.3 Å². The second-order valence-electron chi connectivity index (χ2n) is 7.03. The first kappa shape index (κ1) is 18.4. The summed E-state index contributed by atoms with van der Waals surface area (Å²) >= 11 is 1.67. The van der Waals surface area contributed by atoms with Gasteiger partial charge in [0.1, 0.15) is 0 Å². The molecule has 144 valence electrons. The number of para-hydroxylation sites is 1. The zero-order valence-electron chi connectivity index (χ0n) is 15.4. The van der Waals surface area contributed by atoms with Gasteiger partial charge in [-0.05, 0) is 42.7 Å². The molecule has 1 aliphatic heterocycles. The standard InChI is InChI=1S/C21H22N4O2S/c22-19(26)15-6-3-5-14(11-15)12-23-20(27)16-7-4-10-25(13-16)21-24-17-8-1-2-9-18(17)28-21/h1-3,5-6,8-9,11,16H,4,7,10,12-13H2,(H2,22,26)(H,23,27). The summed E-state index contributed by atoms with van der Waals surface area (Å²) in [6.45, 7) is 1.98. The SMILES string of the molecule is NC(=O)c1cccc(CNC(=O)C2CCCN(c3nc4ccccc4s3)C2)c1. The van der Waals surface area contributed by atoms with Crippen molar-refractivity contribution in [2.45, 2.75) is 19.4 Å². The molecule has 2 heterocycles. The van der Waals surface area contributed by atoms with E-state index in [2.05, 4.69) is 16.3 Å². The molecule has 0 bridgehead atoms. The van der Waals surface area contributed by atoms with Gasteiger partial charge in [0.05, 0.1) is 16.1 Å². The number of nitrogens with zero attached hydrogens (tertiary/aromatic N) is 2. The highest BCUT2D eigenvalue weighted by atomic mass is 32.1. The van der Waals surface area contributed by atoms with Crippen LogP contribution in [0.5, 0.6) is 0 Å². The summed E-state index contributed by atoms with van der Waals surface area (Å²) in [4.78, 5) is 30.9. The fraction of sp³-hybridized carbons (Fsp3) is 0.286. The van der Waals surface area contributed by atoms with Crippen LogP contribution in [0, 0.1) is 5.92 Å². The Morgan fingerprint density at radius 2 is 2.07 bits per heavy atom. The molecule has 4 rings (SSSR count). The molecule has 1 aromatic heterocycles. The van der Waals surface area contributed by atoms with Crippen molar-refractivity contribution in [3.05, 3.63) is 59.7 Å². The number of nitrogens with two attached hydrogens (primary N) is 1. The second-order valence-corrected chi connectivity index (χ2v) is 8.04. The van der Waals surface area contributed by atoms with Crippen LogP contribution in [0.4, 0.5) is 5.13 Å². The van der Waals surface area contributed by atoms with Crippen molar-refractivity contribution in [1.82, 2.24) is 10.3 Å². The molecule has 6 nitrogen and oxygen atoms in total. The molecular formula is C21H22N4O2S. The Hall–Kier alpha value is -2.93. The third-order valence-corrected chi connectivity index (χ3v) is 6.12. The number of nitrogens with one attached hydrogen (secondary N) is 1. The Morgan fingerprint density at radius 3 is 2.89 bits per heavy atom. The monoisotopic (exact) mass is 394 g/mol. The fourth-order valence-corrected chi connectivity index (χ4v) is 4.53. The van der Waals surface area contributed by atoms with E-state index in [9.17, 15) is 9.59 Å². The maximum absolute atomic E-state index is 12.7. The third kappa shape index (κ3) is 3.99. The van der Waals surface area contributed by atoms with Crippen LogP contribution >= 0.6 is 11.3 Å². The number of amides is 2. The molecule has 2 aromatic carbocycles. The maximum atomic E-state index is 12.7. The van der Waals surface area contributed by atoms with Gasteiger partial charge < -0.3 is 16.0 Å². The summed E-state index contributed by atoms with van der Waals surface area (Å²) in [5.74, 6) is -0.498. The predicted octanol–water partition coefficient (Wildman–Crippen LogP) is 2.93. The van der Waals surface area contributed by atoms with Gasteiger partial charge in [0, 0.05) is 25.2 Å². The lowest BCUT2D eigenvalue weighted by molar-refractivity contribution is -0.125. The summed E-state index contributed by atoms with van der Waals surface area (Å²) in [5, 5.41) is 3.98. The molecule has 0 aliphatic carbocycles. The average molecular weight is 395 g/mol. The minimum atomic E-state index is -0.466. The number of rotatable bonds is 5. The fourth-order valence-electron chi connectivity index (χ4n) is 3.53. The van der Waals surface area contributed by atoms with Gasteiger partial charge in [-0.3, -0.25) is 9.59 Å². The molecule has 2 amide bonds. The molecule has 1 atom stereocenters. The highest BCUT2D eigenvalue weighted by molar-refractivity contribution is 7.22. The van der Waals surface area contributed by atoms with Crippen molar-refractivity contribution in [2.24, 2.45) is 11.7 Å². The first-order valence-corrected chi connectivity index (χ1v) is 10.2. The third-order valence-electron chi connectivity index (χ3n) is 5.02. The van der Waals surface area contributed by atoms with E-state index in [-0.39, 0.29) is 11.8 Å². The van der Waals surface area contributed by atoms with Crippen LogP contribution in [0.1, 0.15) is 28.8 Å². The van der Waals surface area contributed by atoms with Crippen molar-refractivity contribution in [2.75, 3.05) is 18.0 Å². The van der Waals surface area contributed by atoms with Gasteiger partial charge in [-0.2, -0.15) is 0 Å². The molecule has 7 heteroatoms. The lowest BCUT2D eigenvalue weighted by Gasteiger charge is -2.31. The van der Waals surface area contributed by atoms with E-state index in [4.69, 9.17) is 10.7 Å². The van der Waals surface area contributed by atoms with Crippen molar-refractivity contribution in [3.63, 3.8) is 0 Å². The lowest BCUT2D eigenvalue weighted by Crippen LogP contribution is -2.42. The Bertz CT molecular complexity index is 983. The minimum absolute atomic E-state index is 0.0373. The second kappa shape index (κ2) is 7.98. The van der Waals surface area contributed by atoms with Gasteiger partial charge in [-0.1, -0.05) is 35.6 Å². The van der Waals surface area contributed by atoms with Crippen molar-refractivity contribution >= 4 is 38.5 Å².